The molecule has 1 aliphatic carbocycles. The predicted octanol–water partition coefficient (Wildman–Crippen LogP) is 2.05. The second-order valence-electron chi connectivity index (χ2n) is 5.15. The van der Waals surface area contributed by atoms with Crippen LogP contribution in [0.15, 0.2) is 42.5 Å². The third-order valence-electron chi connectivity index (χ3n) is 3.88. The highest BCUT2D eigenvalue weighted by Crippen LogP contribution is 2.34. The molecule has 3 atom stereocenters. The smallest absolute Gasteiger partial charge is 0.410 e. The van der Waals surface area contributed by atoms with E-state index in [1.54, 1.807) is 17.0 Å². The molecule has 2 aliphatic heterocycles. The number of benzene rings is 1. The number of fused-ring (bicyclic) bond motifs is 2. The van der Waals surface area contributed by atoms with Crippen LogP contribution in [0.1, 0.15) is 6.42 Å². The van der Waals surface area contributed by atoms with Gasteiger partial charge in [-0.3, -0.25) is 0 Å². The van der Waals surface area contributed by atoms with Gasteiger partial charge in [0.25, 0.3) is 0 Å². The molecule has 0 saturated carbocycles. The Kier molecular flexibility index (Phi) is 3.25. The van der Waals surface area contributed by atoms with Crippen LogP contribution in [-0.2, 0) is 0 Å². The SMILES string of the molecule is O=C(Oc1ccccc1)N1CC2C=CC1[C@H](CO)C2. The normalized spacial score (nSPS) is 28.5. The molecule has 0 radical (unpaired) electrons. The number of carbonyl (C=O) groups is 1. The fraction of sp³-hybridized carbons (Fsp3) is 0.400. The highest BCUT2D eigenvalue weighted by Gasteiger charge is 2.40. The maximum Gasteiger partial charge on any atom is 0.415 e. The zero-order valence-electron chi connectivity index (χ0n) is 10.6. The van der Waals surface area contributed by atoms with Gasteiger partial charge in [-0.25, -0.2) is 4.79 Å². The Bertz CT molecular complexity index is 485. The van der Waals surface area contributed by atoms with E-state index < -0.39 is 0 Å². The van der Waals surface area contributed by atoms with Crippen LogP contribution in [0.2, 0.25) is 0 Å². The number of aliphatic hydroxyl groups is 1. The third-order valence-corrected chi connectivity index (χ3v) is 3.88. The molecule has 1 N–H and O–H groups in total. The van der Waals surface area contributed by atoms with Gasteiger partial charge in [-0.15, -0.1) is 0 Å². The Hall–Kier alpha value is -1.81. The van der Waals surface area contributed by atoms with Gasteiger partial charge < -0.3 is 14.7 Å². The fourth-order valence-corrected chi connectivity index (χ4v) is 2.93. The van der Waals surface area contributed by atoms with Crippen LogP contribution in [0.25, 0.3) is 0 Å². The number of hydrogen-bond donors (Lipinski definition) is 1. The Labute approximate surface area is 112 Å². The van der Waals surface area contributed by atoms with Crippen LogP contribution < -0.4 is 4.74 Å². The van der Waals surface area contributed by atoms with Gasteiger partial charge in [0, 0.05) is 19.1 Å². The minimum absolute atomic E-state index is 0.0359. The number of hydrogen-bond acceptors (Lipinski definition) is 3. The summed E-state index contributed by atoms with van der Waals surface area (Å²) in [5, 5.41) is 9.39. The highest BCUT2D eigenvalue weighted by molar-refractivity contribution is 5.72. The van der Waals surface area contributed by atoms with Gasteiger partial charge in [-0.05, 0) is 24.5 Å². The number of piperidine rings is 1. The van der Waals surface area contributed by atoms with Crippen molar-refractivity contribution in [2.45, 2.75) is 12.5 Å². The number of ether oxygens (including phenoxy) is 1. The molecule has 0 spiro atoms. The van der Waals surface area contributed by atoms with Crippen molar-refractivity contribution in [3.05, 3.63) is 42.5 Å². The number of carbonyl (C=O) groups excluding carboxylic acids is 1. The Morgan fingerprint density at radius 2 is 2.11 bits per heavy atom. The number of aliphatic hydroxyl groups excluding tert-OH is 1. The molecule has 1 aromatic rings. The first-order chi connectivity index (χ1) is 9.28. The van der Waals surface area contributed by atoms with E-state index in [1.165, 1.54) is 0 Å². The molecular formula is C15H17NO3. The fourth-order valence-electron chi connectivity index (χ4n) is 2.93. The topological polar surface area (TPSA) is 49.8 Å². The van der Waals surface area contributed by atoms with Gasteiger partial charge in [-0.1, -0.05) is 30.4 Å². The molecule has 100 valence electrons. The van der Waals surface area contributed by atoms with Crippen molar-refractivity contribution in [3.8, 4) is 5.75 Å². The molecule has 1 fully saturated rings. The maximum atomic E-state index is 12.2. The van der Waals surface area contributed by atoms with E-state index in [-0.39, 0.29) is 24.7 Å². The van der Waals surface area contributed by atoms with Gasteiger partial charge >= 0.3 is 6.09 Å². The maximum absolute atomic E-state index is 12.2. The number of rotatable bonds is 2. The summed E-state index contributed by atoms with van der Waals surface area (Å²) in [6.45, 7) is 0.796. The van der Waals surface area contributed by atoms with E-state index in [4.69, 9.17) is 4.74 Å². The van der Waals surface area contributed by atoms with Crippen molar-refractivity contribution in [3.63, 3.8) is 0 Å². The Morgan fingerprint density at radius 3 is 2.79 bits per heavy atom. The molecule has 2 bridgehead atoms. The summed E-state index contributed by atoms with van der Waals surface area (Å²) in [7, 11) is 0. The average molecular weight is 259 g/mol. The molecule has 3 aliphatic rings. The minimum atomic E-state index is -0.330. The van der Waals surface area contributed by atoms with Gasteiger partial charge in [0.15, 0.2) is 0 Å². The van der Waals surface area contributed by atoms with Crippen molar-refractivity contribution in [1.29, 1.82) is 0 Å². The molecule has 19 heavy (non-hydrogen) atoms. The summed E-state index contributed by atoms with van der Waals surface area (Å²) in [4.78, 5) is 13.9. The monoisotopic (exact) mass is 259 g/mol. The number of para-hydroxylation sites is 1. The first-order valence-corrected chi connectivity index (χ1v) is 6.60. The lowest BCUT2D eigenvalue weighted by Crippen LogP contribution is -2.54. The third kappa shape index (κ3) is 2.36. The summed E-state index contributed by atoms with van der Waals surface area (Å²) in [5.74, 6) is 1.02. The molecule has 1 saturated heterocycles. The van der Waals surface area contributed by atoms with Crippen molar-refractivity contribution >= 4 is 6.09 Å². The summed E-state index contributed by atoms with van der Waals surface area (Å²) in [6.07, 6.45) is 4.78. The van der Waals surface area contributed by atoms with Crippen LogP contribution in [0.3, 0.4) is 0 Å². The van der Waals surface area contributed by atoms with Crippen LogP contribution in [0.4, 0.5) is 4.79 Å². The molecule has 2 heterocycles. The zero-order valence-corrected chi connectivity index (χ0v) is 10.6. The van der Waals surface area contributed by atoms with Crippen molar-refractivity contribution < 1.29 is 14.6 Å². The van der Waals surface area contributed by atoms with E-state index in [0.717, 1.165) is 6.42 Å². The first kappa shape index (κ1) is 12.2. The quantitative estimate of drug-likeness (QED) is 0.827. The summed E-state index contributed by atoms with van der Waals surface area (Å²) >= 11 is 0. The van der Waals surface area contributed by atoms with Crippen molar-refractivity contribution in [2.75, 3.05) is 13.2 Å². The zero-order chi connectivity index (χ0) is 13.2. The van der Waals surface area contributed by atoms with E-state index in [0.29, 0.717) is 18.2 Å². The van der Waals surface area contributed by atoms with Crippen LogP contribution >= 0.6 is 0 Å². The molecular weight excluding hydrogens is 242 g/mol. The van der Waals surface area contributed by atoms with E-state index in [1.807, 2.05) is 24.3 Å². The lowest BCUT2D eigenvalue weighted by atomic mass is 9.78. The number of nitrogens with zero attached hydrogens (tertiary/aromatic N) is 1. The van der Waals surface area contributed by atoms with Gasteiger partial charge in [0.2, 0.25) is 0 Å². The lowest BCUT2D eigenvalue weighted by molar-refractivity contribution is 0.0527. The van der Waals surface area contributed by atoms with Crippen LogP contribution in [0.5, 0.6) is 5.75 Å². The average Bonchev–Trinajstić information content (AvgIpc) is 2.48. The van der Waals surface area contributed by atoms with Crippen molar-refractivity contribution in [2.24, 2.45) is 11.8 Å². The lowest BCUT2D eigenvalue weighted by Gasteiger charge is -2.45. The minimum Gasteiger partial charge on any atom is -0.410 e. The molecule has 4 nitrogen and oxygen atoms in total. The van der Waals surface area contributed by atoms with Crippen LogP contribution in [-0.4, -0.2) is 35.3 Å². The van der Waals surface area contributed by atoms with E-state index in [2.05, 4.69) is 6.08 Å². The molecule has 1 amide bonds. The van der Waals surface area contributed by atoms with E-state index >= 15 is 0 Å². The molecule has 1 aromatic carbocycles. The molecule has 4 heteroatoms. The summed E-state index contributed by atoms with van der Waals surface area (Å²) in [5.41, 5.74) is 0. The molecule has 2 unspecified atom stereocenters. The van der Waals surface area contributed by atoms with E-state index in [9.17, 15) is 9.90 Å². The Morgan fingerprint density at radius 1 is 1.32 bits per heavy atom. The largest absolute Gasteiger partial charge is 0.415 e. The second-order valence-corrected chi connectivity index (χ2v) is 5.15. The molecule has 0 aromatic heterocycles. The highest BCUT2D eigenvalue weighted by atomic mass is 16.6. The Balaban J connectivity index is 1.72. The standard InChI is InChI=1S/C15H17NO3/c17-10-12-8-11-6-7-14(12)16(9-11)15(18)19-13-4-2-1-3-5-13/h1-7,11-12,14,17H,8-10H2/t11?,12-,14?/m0/s1. The van der Waals surface area contributed by atoms with Gasteiger partial charge in [0.1, 0.15) is 5.75 Å². The summed E-state index contributed by atoms with van der Waals surface area (Å²) < 4.78 is 5.37. The number of amides is 1. The van der Waals surface area contributed by atoms with Gasteiger partial charge in [-0.2, -0.15) is 0 Å². The first-order valence-electron chi connectivity index (χ1n) is 6.60. The van der Waals surface area contributed by atoms with Crippen LogP contribution in [0, 0.1) is 11.8 Å². The second kappa shape index (κ2) is 5.05. The predicted molar refractivity (Wildman–Crippen MR) is 70.8 cm³/mol. The van der Waals surface area contributed by atoms with Crippen molar-refractivity contribution in [1.82, 2.24) is 4.90 Å². The molecule has 4 rings (SSSR count). The summed E-state index contributed by atoms with van der Waals surface area (Å²) in [6, 6.07) is 9.04. The van der Waals surface area contributed by atoms with Gasteiger partial charge in [0.05, 0.1) is 6.04 Å².